The number of hydrogen-bond acceptors (Lipinski definition) is 3. The molecular weight excluding hydrogens is 359 g/mol. The van der Waals surface area contributed by atoms with Gasteiger partial charge in [-0.15, -0.1) is 12.4 Å². The van der Waals surface area contributed by atoms with E-state index >= 15 is 0 Å². The van der Waals surface area contributed by atoms with Gasteiger partial charge in [-0.25, -0.2) is 0 Å². The van der Waals surface area contributed by atoms with Crippen LogP contribution < -0.4 is 10.6 Å². The van der Waals surface area contributed by atoms with Crippen LogP contribution in [-0.2, 0) is 17.4 Å². The first-order valence-corrected chi connectivity index (χ1v) is 8.52. The number of nitrogens with one attached hydrogen (secondary N) is 2. The van der Waals surface area contributed by atoms with Crippen LogP contribution in [0.1, 0.15) is 30.9 Å². The number of halogens is 2. The molecule has 0 saturated carbocycles. The smallest absolute Gasteiger partial charge is 0.225 e. The summed E-state index contributed by atoms with van der Waals surface area (Å²) in [5, 5.41) is 11.4. The predicted molar refractivity (Wildman–Crippen MR) is 102 cm³/mol. The van der Waals surface area contributed by atoms with Gasteiger partial charge in [0.25, 0.3) is 0 Å². The quantitative estimate of drug-likeness (QED) is 0.854. The summed E-state index contributed by atoms with van der Waals surface area (Å²) in [7, 11) is 1.89. The number of aryl methyl sites for hydroxylation is 1. The molecule has 0 bridgehead atoms. The maximum atomic E-state index is 12.9. The highest BCUT2D eigenvalue weighted by atomic mass is 35.5. The predicted octanol–water partition coefficient (Wildman–Crippen LogP) is 2.85. The van der Waals surface area contributed by atoms with Gasteiger partial charge < -0.3 is 10.6 Å². The second-order valence-electron chi connectivity index (χ2n) is 6.94. The average Bonchev–Trinajstić information content (AvgIpc) is 3.15. The lowest BCUT2D eigenvalue weighted by atomic mass is 9.88. The van der Waals surface area contributed by atoms with Crippen molar-refractivity contribution in [2.75, 3.05) is 13.1 Å². The summed E-state index contributed by atoms with van der Waals surface area (Å²) in [4.78, 5) is 12.9. The summed E-state index contributed by atoms with van der Waals surface area (Å²) >= 11 is 6.09. The zero-order chi connectivity index (χ0) is 17.3. The van der Waals surface area contributed by atoms with E-state index in [0.29, 0.717) is 11.6 Å². The van der Waals surface area contributed by atoms with Crippen molar-refractivity contribution in [3.63, 3.8) is 0 Å². The molecule has 25 heavy (non-hydrogen) atoms. The molecule has 2 N–H and O–H groups in total. The lowest BCUT2D eigenvalue weighted by Gasteiger charge is -2.29. The molecule has 0 radical (unpaired) electrons. The van der Waals surface area contributed by atoms with E-state index in [1.54, 1.807) is 4.68 Å². The van der Waals surface area contributed by atoms with E-state index in [-0.39, 0.29) is 30.2 Å². The van der Waals surface area contributed by atoms with Crippen molar-refractivity contribution in [2.24, 2.45) is 13.0 Å². The van der Waals surface area contributed by atoms with Gasteiger partial charge in [-0.2, -0.15) is 5.10 Å². The fraction of sp³-hybridized carbons (Fsp3) is 0.444. The minimum Gasteiger partial charge on any atom is -0.347 e. The molecule has 1 amide bonds. The van der Waals surface area contributed by atoms with Crippen molar-refractivity contribution in [1.29, 1.82) is 0 Å². The molecule has 0 spiro atoms. The van der Waals surface area contributed by atoms with Crippen LogP contribution in [0.4, 0.5) is 0 Å². The first-order chi connectivity index (χ1) is 11.4. The monoisotopic (exact) mass is 382 g/mol. The van der Waals surface area contributed by atoms with E-state index in [1.165, 1.54) is 0 Å². The Hall–Kier alpha value is -1.56. The number of aromatic nitrogens is 2. The van der Waals surface area contributed by atoms with E-state index < -0.39 is 5.54 Å². The molecule has 0 aliphatic carbocycles. The Labute approximate surface area is 159 Å². The second kappa shape index (κ2) is 7.77. The van der Waals surface area contributed by atoms with Crippen LogP contribution in [0, 0.1) is 5.92 Å². The molecule has 1 aromatic heterocycles. The SMILES string of the molecule is Cl.Cn1cc([C@H]2CNC[C@@H]2C(=O)NC(C)(C)c2cccc(Cl)c2)cn1. The third-order valence-corrected chi connectivity index (χ3v) is 4.92. The minimum absolute atomic E-state index is 0. The normalized spacial score (nSPS) is 20.2. The molecule has 1 fully saturated rings. The first-order valence-electron chi connectivity index (χ1n) is 8.14. The zero-order valence-electron chi connectivity index (χ0n) is 14.6. The van der Waals surface area contributed by atoms with Crippen molar-refractivity contribution in [3.8, 4) is 0 Å². The van der Waals surface area contributed by atoms with E-state index in [4.69, 9.17) is 11.6 Å². The Morgan fingerprint density at radius 3 is 2.80 bits per heavy atom. The highest BCUT2D eigenvalue weighted by molar-refractivity contribution is 6.30. The van der Waals surface area contributed by atoms with Crippen LogP contribution in [-0.4, -0.2) is 28.8 Å². The summed E-state index contributed by atoms with van der Waals surface area (Å²) in [5.74, 6) is 0.0975. The lowest BCUT2D eigenvalue weighted by molar-refractivity contribution is -0.126. The van der Waals surface area contributed by atoms with Crippen molar-refractivity contribution >= 4 is 29.9 Å². The van der Waals surface area contributed by atoms with E-state index in [1.807, 2.05) is 57.6 Å². The summed E-state index contributed by atoms with van der Waals surface area (Å²) < 4.78 is 1.78. The molecule has 1 aromatic carbocycles. The van der Waals surface area contributed by atoms with Crippen LogP contribution in [0.5, 0.6) is 0 Å². The Morgan fingerprint density at radius 1 is 1.40 bits per heavy atom. The molecule has 1 aliphatic rings. The van der Waals surface area contributed by atoms with Gasteiger partial charge in [-0.05, 0) is 37.1 Å². The lowest BCUT2D eigenvalue weighted by Crippen LogP contribution is -2.45. The van der Waals surface area contributed by atoms with Crippen LogP contribution in [0.3, 0.4) is 0 Å². The van der Waals surface area contributed by atoms with Gasteiger partial charge in [0.1, 0.15) is 0 Å². The van der Waals surface area contributed by atoms with Gasteiger partial charge >= 0.3 is 0 Å². The fourth-order valence-electron chi connectivity index (χ4n) is 3.29. The highest BCUT2D eigenvalue weighted by Crippen LogP contribution is 2.30. The maximum Gasteiger partial charge on any atom is 0.225 e. The van der Waals surface area contributed by atoms with Crippen LogP contribution in [0.15, 0.2) is 36.7 Å². The number of benzene rings is 1. The molecule has 136 valence electrons. The summed E-state index contributed by atoms with van der Waals surface area (Å²) in [6.45, 7) is 5.47. The van der Waals surface area contributed by atoms with E-state index in [2.05, 4.69) is 15.7 Å². The first kappa shape index (κ1) is 19.8. The summed E-state index contributed by atoms with van der Waals surface area (Å²) in [6.07, 6.45) is 3.83. The summed E-state index contributed by atoms with van der Waals surface area (Å²) in [6, 6.07) is 7.62. The minimum atomic E-state index is -0.482. The topological polar surface area (TPSA) is 59.0 Å². The van der Waals surface area contributed by atoms with Gasteiger partial charge in [0, 0.05) is 37.3 Å². The average molecular weight is 383 g/mol. The third kappa shape index (κ3) is 4.35. The largest absolute Gasteiger partial charge is 0.347 e. The number of carbonyl (C=O) groups is 1. The van der Waals surface area contributed by atoms with Crippen molar-refractivity contribution in [3.05, 3.63) is 52.8 Å². The molecule has 1 aliphatic heterocycles. The van der Waals surface area contributed by atoms with Crippen LogP contribution in [0.25, 0.3) is 0 Å². The number of hydrogen-bond donors (Lipinski definition) is 2. The molecule has 2 heterocycles. The standard InChI is InChI=1S/C18H23ClN4O.ClH/c1-18(2,13-5-4-6-14(19)7-13)22-17(24)16-10-20-9-15(16)12-8-21-23(3)11-12;/h4-8,11,15-16,20H,9-10H2,1-3H3,(H,22,24);1H/t15-,16+;/m1./s1. The van der Waals surface area contributed by atoms with Crippen LogP contribution >= 0.6 is 24.0 Å². The molecule has 7 heteroatoms. The van der Waals surface area contributed by atoms with Gasteiger partial charge in [-0.3, -0.25) is 9.48 Å². The summed E-state index contributed by atoms with van der Waals surface area (Å²) in [5.41, 5.74) is 1.61. The number of amides is 1. The number of rotatable bonds is 4. The van der Waals surface area contributed by atoms with Crippen molar-refractivity contribution in [1.82, 2.24) is 20.4 Å². The van der Waals surface area contributed by atoms with E-state index in [0.717, 1.165) is 17.7 Å². The molecule has 5 nitrogen and oxygen atoms in total. The molecule has 0 unspecified atom stereocenters. The molecule has 2 aromatic rings. The number of nitrogens with zero attached hydrogens (tertiary/aromatic N) is 2. The van der Waals surface area contributed by atoms with Gasteiger partial charge in [-0.1, -0.05) is 23.7 Å². The van der Waals surface area contributed by atoms with Crippen molar-refractivity contribution < 1.29 is 4.79 Å². The Morgan fingerprint density at radius 2 is 2.16 bits per heavy atom. The second-order valence-corrected chi connectivity index (χ2v) is 7.38. The molecule has 2 atom stereocenters. The zero-order valence-corrected chi connectivity index (χ0v) is 16.2. The van der Waals surface area contributed by atoms with E-state index in [9.17, 15) is 4.79 Å². The highest BCUT2D eigenvalue weighted by Gasteiger charge is 2.37. The number of carbonyl (C=O) groups excluding carboxylic acids is 1. The maximum absolute atomic E-state index is 12.9. The molecule has 3 rings (SSSR count). The van der Waals surface area contributed by atoms with Gasteiger partial charge in [0.15, 0.2) is 0 Å². The molecule has 1 saturated heterocycles. The van der Waals surface area contributed by atoms with Crippen molar-refractivity contribution in [2.45, 2.75) is 25.3 Å². The van der Waals surface area contributed by atoms with Gasteiger partial charge in [0.2, 0.25) is 5.91 Å². The Balaban J connectivity index is 0.00000225. The van der Waals surface area contributed by atoms with Crippen LogP contribution in [0.2, 0.25) is 5.02 Å². The fourth-order valence-corrected chi connectivity index (χ4v) is 3.48. The molecular formula is C18H24Cl2N4O. The Kier molecular flexibility index (Phi) is 6.14. The van der Waals surface area contributed by atoms with Gasteiger partial charge in [0.05, 0.1) is 17.7 Å². The Bertz CT molecular complexity index is 744. The third-order valence-electron chi connectivity index (χ3n) is 4.69.